The molecule has 0 spiro atoms. The Hall–Kier alpha value is -2.67. The number of carbonyl (C=O) groups excluding carboxylic acids is 1. The van der Waals surface area contributed by atoms with Gasteiger partial charge in [-0.05, 0) is 36.2 Å². The molecule has 5 nitrogen and oxygen atoms in total. The molecular weight excluding hydrogens is 365 g/mol. The van der Waals surface area contributed by atoms with Crippen molar-refractivity contribution in [1.82, 2.24) is 10.3 Å². The quantitative estimate of drug-likeness (QED) is 0.708. The number of ether oxygens (including phenoxy) is 1. The predicted molar refractivity (Wildman–Crippen MR) is 105 cm³/mol. The summed E-state index contributed by atoms with van der Waals surface area (Å²) in [5.41, 5.74) is 1.93. The van der Waals surface area contributed by atoms with Gasteiger partial charge in [-0.3, -0.25) is 4.79 Å². The van der Waals surface area contributed by atoms with Gasteiger partial charge in [-0.1, -0.05) is 23.5 Å². The minimum absolute atomic E-state index is 0.0141. The summed E-state index contributed by atoms with van der Waals surface area (Å²) < 4.78 is 19.2. The molecule has 0 aliphatic carbocycles. The Morgan fingerprint density at radius 3 is 2.81 bits per heavy atom. The van der Waals surface area contributed by atoms with Crippen molar-refractivity contribution < 1.29 is 13.9 Å². The Bertz CT molecular complexity index is 952. The minimum atomic E-state index is -0.245. The van der Waals surface area contributed by atoms with Gasteiger partial charge in [0.25, 0.3) is 0 Å². The minimum Gasteiger partial charge on any atom is -0.497 e. The van der Waals surface area contributed by atoms with E-state index in [1.54, 1.807) is 30.6 Å². The first-order chi connectivity index (χ1) is 13.1. The van der Waals surface area contributed by atoms with Gasteiger partial charge in [-0.25, -0.2) is 9.37 Å². The van der Waals surface area contributed by atoms with Crippen LogP contribution in [0.2, 0.25) is 0 Å². The van der Waals surface area contributed by atoms with Crippen LogP contribution in [0, 0.1) is 11.7 Å². The molecule has 1 aromatic heterocycles. The number of rotatable bonds is 6. The molecule has 0 saturated carbocycles. The Morgan fingerprint density at radius 1 is 1.30 bits per heavy atom. The molecule has 0 atom stereocenters. The van der Waals surface area contributed by atoms with Gasteiger partial charge in [-0.2, -0.15) is 0 Å². The van der Waals surface area contributed by atoms with Crippen LogP contribution in [0.5, 0.6) is 5.75 Å². The maximum absolute atomic E-state index is 12.9. The Balaban J connectivity index is 1.27. The molecule has 1 aliphatic rings. The molecule has 0 radical (unpaired) electrons. The van der Waals surface area contributed by atoms with E-state index in [0.717, 1.165) is 26.7 Å². The van der Waals surface area contributed by atoms with Gasteiger partial charge in [0, 0.05) is 25.7 Å². The Morgan fingerprint density at radius 2 is 2.07 bits per heavy atom. The van der Waals surface area contributed by atoms with Crippen LogP contribution in [-0.2, 0) is 11.2 Å². The van der Waals surface area contributed by atoms with E-state index < -0.39 is 0 Å². The lowest BCUT2D eigenvalue weighted by Gasteiger charge is -2.37. The van der Waals surface area contributed by atoms with Crippen molar-refractivity contribution in [3.8, 4) is 5.75 Å². The van der Waals surface area contributed by atoms with Crippen molar-refractivity contribution in [3.05, 3.63) is 53.8 Å². The molecule has 140 valence electrons. The smallest absolute Gasteiger partial charge is 0.226 e. The van der Waals surface area contributed by atoms with Crippen LogP contribution in [0.1, 0.15) is 5.56 Å². The highest BCUT2D eigenvalue weighted by molar-refractivity contribution is 7.22. The lowest BCUT2D eigenvalue weighted by atomic mass is 10.00. The molecule has 0 bridgehead atoms. The number of benzene rings is 2. The van der Waals surface area contributed by atoms with Gasteiger partial charge >= 0.3 is 0 Å². The second-order valence-electron chi connectivity index (χ2n) is 6.60. The first-order valence-corrected chi connectivity index (χ1v) is 9.66. The predicted octanol–water partition coefficient (Wildman–Crippen LogP) is 3.24. The fraction of sp³-hybridized carbons (Fsp3) is 0.300. The van der Waals surface area contributed by atoms with E-state index >= 15 is 0 Å². The van der Waals surface area contributed by atoms with Crippen molar-refractivity contribution >= 4 is 32.6 Å². The maximum atomic E-state index is 12.9. The number of hydrogen-bond donors (Lipinski definition) is 1. The van der Waals surface area contributed by atoms with Crippen LogP contribution in [0.4, 0.5) is 9.52 Å². The first-order valence-electron chi connectivity index (χ1n) is 8.84. The number of anilines is 1. The largest absolute Gasteiger partial charge is 0.497 e. The zero-order chi connectivity index (χ0) is 18.8. The summed E-state index contributed by atoms with van der Waals surface area (Å²) in [5.74, 6) is 0.600. The van der Waals surface area contributed by atoms with Gasteiger partial charge < -0.3 is 15.0 Å². The highest BCUT2D eigenvalue weighted by Crippen LogP contribution is 2.34. The van der Waals surface area contributed by atoms with E-state index in [9.17, 15) is 9.18 Å². The molecular formula is C20H20FN3O2S. The molecule has 1 amide bonds. The van der Waals surface area contributed by atoms with Gasteiger partial charge in [0.05, 0.1) is 23.2 Å². The van der Waals surface area contributed by atoms with E-state index in [1.165, 1.54) is 12.1 Å². The summed E-state index contributed by atoms with van der Waals surface area (Å²) >= 11 is 1.63. The van der Waals surface area contributed by atoms with Crippen LogP contribution >= 0.6 is 11.3 Å². The van der Waals surface area contributed by atoms with Gasteiger partial charge in [0.15, 0.2) is 5.13 Å². The molecule has 1 saturated heterocycles. The maximum Gasteiger partial charge on any atom is 0.226 e. The molecule has 2 aromatic carbocycles. The number of methoxy groups -OCH3 is 1. The zero-order valence-electron chi connectivity index (χ0n) is 14.9. The molecule has 1 N–H and O–H groups in total. The third-order valence-electron chi connectivity index (χ3n) is 4.73. The van der Waals surface area contributed by atoms with Crippen molar-refractivity contribution in [2.24, 2.45) is 5.92 Å². The molecule has 3 aromatic rings. The van der Waals surface area contributed by atoms with E-state index in [4.69, 9.17) is 4.74 Å². The molecule has 27 heavy (non-hydrogen) atoms. The monoisotopic (exact) mass is 385 g/mol. The summed E-state index contributed by atoms with van der Waals surface area (Å²) in [4.78, 5) is 19.0. The summed E-state index contributed by atoms with van der Waals surface area (Å²) in [5, 5.41) is 3.91. The van der Waals surface area contributed by atoms with Crippen molar-refractivity contribution in [2.45, 2.75) is 6.42 Å². The Kier molecular flexibility index (Phi) is 4.94. The van der Waals surface area contributed by atoms with Crippen molar-refractivity contribution in [1.29, 1.82) is 0 Å². The summed E-state index contributed by atoms with van der Waals surface area (Å²) in [6.07, 6.45) is 0.697. The topological polar surface area (TPSA) is 54.5 Å². The second-order valence-corrected chi connectivity index (χ2v) is 7.61. The number of aromatic nitrogens is 1. The number of amides is 1. The standard InChI is InChI=1S/C20H20FN3O2S/c1-26-16-6-7-18-17(10-16)23-20(27-18)24-11-14(12-24)19(25)22-9-8-13-2-4-15(21)5-3-13/h2-7,10,14H,8-9,11-12H2,1H3,(H,22,25). The third-order valence-corrected chi connectivity index (χ3v) is 5.83. The molecule has 0 unspecified atom stereocenters. The number of carbonyl (C=O) groups is 1. The molecule has 2 heterocycles. The van der Waals surface area contributed by atoms with Crippen molar-refractivity contribution in [2.75, 3.05) is 31.6 Å². The van der Waals surface area contributed by atoms with Crippen LogP contribution in [-0.4, -0.2) is 37.6 Å². The number of fused-ring (bicyclic) bond motifs is 1. The number of hydrogen-bond acceptors (Lipinski definition) is 5. The number of halogens is 1. The van der Waals surface area contributed by atoms with E-state index in [2.05, 4.69) is 15.2 Å². The number of thiazole rings is 1. The normalized spacial score (nSPS) is 14.2. The van der Waals surface area contributed by atoms with Crippen LogP contribution in [0.3, 0.4) is 0 Å². The van der Waals surface area contributed by atoms with E-state index in [1.807, 2.05) is 18.2 Å². The van der Waals surface area contributed by atoms with E-state index in [-0.39, 0.29) is 17.6 Å². The van der Waals surface area contributed by atoms with Crippen LogP contribution in [0.25, 0.3) is 10.2 Å². The highest BCUT2D eigenvalue weighted by atomic mass is 32.1. The third kappa shape index (κ3) is 3.88. The van der Waals surface area contributed by atoms with Crippen LogP contribution in [0.15, 0.2) is 42.5 Å². The van der Waals surface area contributed by atoms with Gasteiger partial charge in [-0.15, -0.1) is 0 Å². The highest BCUT2D eigenvalue weighted by Gasteiger charge is 2.34. The number of nitrogens with zero attached hydrogens (tertiary/aromatic N) is 2. The summed E-state index contributed by atoms with van der Waals surface area (Å²) in [6.45, 7) is 1.92. The summed E-state index contributed by atoms with van der Waals surface area (Å²) in [6, 6.07) is 12.2. The molecule has 1 fully saturated rings. The SMILES string of the molecule is COc1ccc2sc(N3CC(C(=O)NCCc4ccc(F)cc4)C3)nc2c1. The van der Waals surface area contributed by atoms with Gasteiger partial charge in [0.1, 0.15) is 11.6 Å². The van der Waals surface area contributed by atoms with Crippen molar-refractivity contribution in [3.63, 3.8) is 0 Å². The fourth-order valence-corrected chi connectivity index (χ4v) is 4.05. The molecule has 7 heteroatoms. The average Bonchev–Trinajstić information content (AvgIpc) is 3.04. The second kappa shape index (κ2) is 7.52. The van der Waals surface area contributed by atoms with E-state index in [0.29, 0.717) is 26.1 Å². The lowest BCUT2D eigenvalue weighted by Crippen LogP contribution is -2.54. The average molecular weight is 385 g/mol. The number of nitrogens with one attached hydrogen (secondary N) is 1. The lowest BCUT2D eigenvalue weighted by molar-refractivity contribution is -0.125. The van der Waals surface area contributed by atoms with Crippen LogP contribution < -0.4 is 15.0 Å². The Labute approximate surface area is 160 Å². The molecule has 4 rings (SSSR count). The summed E-state index contributed by atoms with van der Waals surface area (Å²) in [7, 11) is 1.64. The zero-order valence-corrected chi connectivity index (χ0v) is 15.8. The van der Waals surface area contributed by atoms with Gasteiger partial charge in [0.2, 0.25) is 5.91 Å². The fourth-order valence-electron chi connectivity index (χ4n) is 3.08. The molecule has 1 aliphatic heterocycles. The first kappa shape index (κ1) is 17.7.